The van der Waals surface area contributed by atoms with Crippen LogP contribution in [-0.4, -0.2) is 14.5 Å². The third-order valence-corrected chi connectivity index (χ3v) is 2.63. The van der Waals surface area contributed by atoms with Crippen molar-refractivity contribution in [3.05, 3.63) is 54.2 Å². The molecule has 5 heteroatoms. The van der Waals surface area contributed by atoms with E-state index in [9.17, 15) is 4.39 Å². The van der Waals surface area contributed by atoms with Crippen LogP contribution in [0, 0.1) is 17.1 Å². The fourth-order valence-corrected chi connectivity index (χ4v) is 1.89. The lowest BCUT2D eigenvalue weighted by Crippen LogP contribution is -2.01. The first-order chi connectivity index (χ1) is 8.79. The lowest BCUT2D eigenvalue weighted by atomic mass is 10.2. The first-order valence-electron chi connectivity index (χ1n) is 5.28. The Morgan fingerprint density at radius 3 is 2.67 bits per heavy atom. The average molecular weight is 238 g/mol. The van der Waals surface area contributed by atoms with Crippen LogP contribution >= 0.6 is 0 Å². The minimum Gasteiger partial charge on any atom is -0.269 e. The summed E-state index contributed by atoms with van der Waals surface area (Å²) in [6.07, 6.45) is 3.19. The molecule has 2 heterocycles. The Morgan fingerprint density at radius 2 is 1.94 bits per heavy atom. The van der Waals surface area contributed by atoms with E-state index in [0.29, 0.717) is 22.5 Å². The zero-order valence-corrected chi connectivity index (χ0v) is 9.21. The fourth-order valence-electron chi connectivity index (χ4n) is 1.89. The highest BCUT2D eigenvalue weighted by Gasteiger charge is 2.12. The van der Waals surface area contributed by atoms with E-state index in [-0.39, 0.29) is 5.82 Å². The molecule has 3 aromatic rings. The van der Waals surface area contributed by atoms with Gasteiger partial charge in [-0.25, -0.2) is 14.4 Å². The highest BCUT2D eigenvalue weighted by atomic mass is 19.1. The number of hydrogen-bond donors (Lipinski definition) is 0. The van der Waals surface area contributed by atoms with Crippen molar-refractivity contribution in [1.82, 2.24) is 14.5 Å². The van der Waals surface area contributed by atoms with Gasteiger partial charge in [-0.1, -0.05) is 0 Å². The summed E-state index contributed by atoms with van der Waals surface area (Å²) in [5, 5.41) is 9.78. The first-order valence-corrected chi connectivity index (χ1v) is 5.28. The Bertz CT molecular complexity index is 756. The van der Waals surface area contributed by atoms with Gasteiger partial charge in [-0.3, -0.25) is 4.57 Å². The summed E-state index contributed by atoms with van der Waals surface area (Å²) in [7, 11) is 0. The molecule has 86 valence electrons. The average Bonchev–Trinajstić information content (AvgIpc) is 2.77. The monoisotopic (exact) mass is 238 g/mol. The minimum atomic E-state index is -0.335. The molecule has 0 unspecified atom stereocenters. The highest BCUT2D eigenvalue weighted by Crippen LogP contribution is 2.22. The molecular formula is C13H7FN4. The van der Waals surface area contributed by atoms with Gasteiger partial charge in [0, 0.05) is 17.8 Å². The van der Waals surface area contributed by atoms with Crippen LogP contribution in [0.2, 0.25) is 0 Å². The number of nitrogens with zero attached hydrogens (tertiary/aromatic N) is 4. The standard InChI is InChI=1S/C13H7FN4/c14-10-2-3-12-9(6-10)7-11(8-15)18(12)13-16-4-1-5-17-13/h1-7H. The van der Waals surface area contributed by atoms with E-state index in [2.05, 4.69) is 16.0 Å². The van der Waals surface area contributed by atoms with Crippen LogP contribution in [-0.2, 0) is 0 Å². The van der Waals surface area contributed by atoms with E-state index in [1.54, 1.807) is 35.2 Å². The Hall–Kier alpha value is -2.74. The molecule has 18 heavy (non-hydrogen) atoms. The van der Waals surface area contributed by atoms with E-state index in [1.165, 1.54) is 12.1 Å². The smallest absolute Gasteiger partial charge is 0.235 e. The molecule has 0 atom stereocenters. The number of fused-ring (bicyclic) bond motifs is 1. The van der Waals surface area contributed by atoms with Crippen LogP contribution in [0.5, 0.6) is 0 Å². The molecule has 0 saturated carbocycles. The summed E-state index contributed by atoms with van der Waals surface area (Å²) in [6.45, 7) is 0. The van der Waals surface area contributed by atoms with E-state index >= 15 is 0 Å². The van der Waals surface area contributed by atoms with Crippen LogP contribution < -0.4 is 0 Å². The van der Waals surface area contributed by atoms with Gasteiger partial charge < -0.3 is 0 Å². The van der Waals surface area contributed by atoms with Crippen molar-refractivity contribution >= 4 is 10.9 Å². The number of nitriles is 1. The zero-order valence-electron chi connectivity index (χ0n) is 9.21. The second-order valence-electron chi connectivity index (χ2n) is 3.73. The lowest BCUT2D eigenvalue weighted by molar-refractivity contribution is 0.629. The Labute approximate surface area is 102 Å². The second-order valence-corrected chi connectivity index (χ2v) is 3.73. The zero-order chi connectivity index (χ0) is 12.5. The summed E-state index contributed by atoms with van der Waals surface area (Å²) in [5.41, 5.74) is 1.08. The van der Waals surface area contributed by atoms with Crippen molar-refractivity contribution in [2.75, 3.05) is 0 Å². The maximum Gasteiger partial charge on any atom is 0.235 e. The molecule has 3 rings (SSSR count). The molecule has 0 spiro atoms. The molecule has 1 aromatic carbocycles. The largest absolute Gasteiger partial charge is 0.269 e. The van der Waals surface area contributed by atoms with Crippen molar-refractivity contribution in [2.45, 2.75) is 0 Å². The van der Waals surface area contributed by atoms with Crippen LogP contribution in [0.15, 0.2) is 42.7 Å². The van der Waals surface area contributed by atoms with Crippen molar-refractivity contribution in [1.29, 1.82) is 5.26 Å². The minimum absolute atomic E-state index is 0.335. The predicted octanol–water partition coefficient (Wildman–Crippen LogP) is 2.43. The summed E-state index contributed by atoms with van der Waals surface area (Å²) < 4.78 is 14.8. The molecule has 0 saturated heterocycles. The number of aromatic nitrogens is 3. The van der Waals surface area contributed by atoms with E-state index in [0.717, 1.165) is 0 Å². The van der Waals surface area contributed by atoms with Gasteiger partial charge in [0.25, 0.3) is 0 Å². The maximum absolute atomic E-state index is 13.2. The summed E-state index contributed by atoms with van der Waals surface area (Å²) >= 11 is 0. The molecular weight excluding hydrogens is 231 g/mol. The number of hydrogen-bond acceptors (Lipinski definition) is 3. The molecule has 0 aliphatic rings. The van der Waals surface area contributed by atoms with Crippen molar-refractivity contribution in [3.63, 3.8) is 0 Å². The molecule has 2 aromatic heterocycles. The molecule has 4 nitrogen and oxygen atoms in total. The molecule has 0 aliphatic heterocycles. The van der Waals surface area contributed by atoms with Gasteiger partial charge in [-0.05, 0) is 30.3 Å². The molecule has 0 amide bonds. The van der Waals surface area contributed by atoms with Crippen LogP contribution in [0.4, 0.5) is 4.39 Å². The second kappa shape index (κ2) is 3.93. The molecule has 0 N–H and O–H groups in total. The maximum atomic E-state index is 13.2. The SMILES string of the molecule is N#Cc1cc2cc(F)ccc2n1-c1ncccn1. The molecule has 0 fully saturated rings. The third kappa shape index (κ3) is 1.52. The number of benzene rings is 1. The lowest BCUT2D eigenvalue weighted by Gasteiger charge is -2.03. The summed E-state index contributed by atoms with van der Waals surface area (Å²) in [4.78, 5) is 8.22. The number of rotatable bonds is 1. The van der Waals surface area contributed by atoms with Crippen molar-refractivity contribution in [3.8, 4) is 12.0 Å². The normalized spacial score (nSPS) is 10.4. The van der Waals surface area contributed by atoms with Crippen molar-refractivity contribution < 1.29 is 4.39 Å². The van der Waals surface area contributed by atoms with Gasteiger partial charge >= 0.3 is 0 Å². The summed E-state index contributed by atoms with van der Waals surface area (Å²) in [6, 6.07) is 9.73. The van der Waals surface area contributed by atoms with Gasteiger partial charge in [0.05, 0.1) is 5.52 Å². The van der Waals surface area contributed by atoms with E-state index in [1.807, 2.05) is 0 Å². The molecule has 0 aliphatic carbocycles. The van der Waals surface area contributed by atoms with Gasteiger partial charge in [0.2, 0.25) is 5.95 Å². The molecule has 0 radical (unpaired) electrons. The number of halogens is 1. The fraction of sp³-hybridized carbons (Fsp3) is 0. The van der Waals surface area contributed by atoms with Crippen LogP contribution in [0.3, 0.4) is 0 Å². The van der Waals surface area contributed by atoms with Crippen LogP contribution in [0.25, 0.3) is 16.9 Å². The van der Waals surface area contributed by atoms with E-state index in [4.69, 9.17) is 5.26 Å². The van der Waals surface area contributed by atoms with Gasteiger partial charge in [0.15, 0.2) is 0 Å². The van der Waals surface area contributed by atoms with Gasteiger partial charge in [-0.15, -0.1) is 0 Å². The first kappa shape index (κ1) is 10.4. The predicted molar refractivity (Wildman–Crippen MR) is 63.5 cm³/mol. The Morgan fingerprint density at radius 1 is 1.17 bits per heavy atom. The topological polar surface area (TPSA) is 54.5 Å². The van der Waals surface area contributed by atoms with Crippen LogP contribution in [0.1, 0.15) is 5.69 Å². The van der Waals surface area contributed by atoms with Gasteiger partial charge in [-0.2, -0.15) is 5.26 Å². The Kier molecular flexibility index (Phi) is 2.27. The highest BCUT2D eigenvalue weighted by molar-refractivity contribution is 5.83. The van der Waals surface area contributed by atoms with Gasteiger partial charge in [0.1, 0.15) is 17.6 Å². The van der Waals surface area contributed by atoms with E-state index < -0.39 is 0 Å². The third-order valence-electron chi connectivity index (χ3n) is 2.63. The molecule has 0 bridgehead atoms. The van der Waals surface area contributed by atoms with Crippen molar-refractivity contribution in [2.24, 2.45) is 0 Å². The Balaban J connectivity index is 2.38. The quantitative estimate of drug-likeness (QED) is 0.654. The summed E-state index contributed by atoms with van der Waals surface area (Å²) in [5.74, 6) is 0.0637.